The van der Waals surface area contributed by atoms with Gasteiger partial charge in [-0.3, -0.25) is 4.79 Å². The van der Waals surface area contributed by atoms with E-state index in [-0.39, 0.29) is 11.8 Å². The first-order chi connectivity index (χ1) is 10.6. The summed E-state index contributed by atoms with van der Waals surface area (Å²) in [5.41, 5.74) is 1.59. The van der Waals surface area contributed by atoms with Gasteiger partial charge in [0.05, 0.1) is 19.9 Å². The molecule has 0 fully saturated rings. The van der Waals surface area contributed by atoms with Gasteiger partial charge in [-0.1, -0.05) is 13.8 Å². The summed E-state index contributed by atoms with van der Waals surface area (Å²) < 4.78 is 10.6. The van der Waals surface area contributed by atoms with Crippen LogP contribution in [0.3, 0.4) is 0 Å². The number of carbonyl (C=O) groups is 1. The van der Waals surface area contributed by atoms with E-state index in [0.29, 0.717) is 10.9 Å². The monoisotopic (exact) mass is 320 g/mol. The number of carbonyl (C=O) groups excluding carboxylic acids is 1. The van der Waals surface area contributed by atoms with Crippen LogP contribution in [0.1, 0.15) is 20.3 Å². The Morgan fingerprint density at radius 3 is 2.77 bits per heavy atom. The lowest BCUT2D eigenvalue weighted by atomic mass is 10.1. The zero-order chi connectivity index (χ0) is 16.1. The van der Waals surface area contributed by atoms with Gasteiger partial charge in [0, 0.05) is 16.9 Å². The van der Waals surface area contributed by atoms with Crippen LogP contribution in [0, 0.1) is 5.92 Å². The molecule has 6 heteroatoms. The molecular weight excluding hydrogens is 300 g/mol. The van der Waals surface area contributed by atoms with Gasteiger partial charge >= 0.3 is 0 Å². The first-order valence-electron chi connectivity index (χ1n) is 7.07. The van der Waals surface area contributed by atoms with E-state index in [4.69, 9.17) is 9.47 Å². The van der Waals surface area contributed by atoms with Gasteiger partial charge < -0.3 is 14.8 Å². The lowest BCUT2D eigenvalue weighted by Gasteiger charge is -2.09. The summed E-state index contributed by atoms with van der Waals surface area (Å²) in [6.45, 7) is 3.88. The number of nitrogens with one attached hydrogen (secondary N) is 1. The smallest absolute Gasteiger partial charge is 0.228 e. The fourth-order valence-corrected chi connectivity index (χ4v) is 2.60. The van der Waals surface area contributed by atoms with E-state index < -0.39 is 0 Å². The quantitative estimate of drug-likeness (QED) is 0.879. The number of ether oxygens (including phenoxy) is 2. The standard InChI is InChI=1S/C16H20N2O3S/c1-5-10(2)15(19)18-16-17-13(9-22-16)12-8-11(20-3)6-7-14(12)21-4/h6-10H,5H2,1-4H3,(H,17,18,19). The molecule has 0 aliphatic rings. The summed E-state index contributed by atoms with van der Waals surface area (Å²) in [7, 11) is 3.23. The largest absolute Gasteiger partial charge is 0.497 e. The molecule has 118 valence electrons. The fraction of sp³-hybridized carbons (Fsp3) is 0.375. The Bertz CT molecular complexity index is 655. The number of anilines is 1. The predicted octanol–water partition coefficient (Wildman–Crippen LogP) is 3.81. The van der Waals surface area contributed by atoms with Crippen LogP contribution in [0.5, 0.6) is 11.5 Å². The molecule has 0 saturated carbocycles. The molecule has 1 aromatic heterocycles. The van der Waals surface area contributed by atoms with Crippen molar-refractivity contribution in [2.45, 2.75) is 20.3 Å². The van der Waals surface area contributed by atoms with Crippen LogP contribution in [0.4, 0.5) is 5.13 Å². The molecule has 0 aliphatic carbocycles. The Labute approximate surface area is 134 Å². The van der Waals surface area contributed by atoms with E-state index in [2.05, 4.69) is 10.3 Å². The molecule has 1 N–H and O–H groups in total. The highest BCUT2D eigenvalue weighted by Gasteiger charge is 2.15. The van der Waals surface area contributed by atoms with Crippen LogP contribution in [0.15, 0.2) is 23.6 Å². The summed E-state index contributed by atoms with van der Waals surface area (Å²) in [6.07, 6.45) is 0.799. The Hall–Kier alpha value is -2.08. The van der Waals surface area contributed by atoms with Crippen LogP contribution in [0.2, 0.25) is 0 Å². The number of methoxy groups -OCH3 is 2. The van der Waals surface area contributed by atoms with E-state index in [9.17, 15) is 4.79 Å². The zero-order valence-corrected chi connectivity index (χ0v) is 14.0. The number of nitrogens with zero attached hydrogens (tertiary/aromatic N) is 1. The second-order valence-corrected chi connectivity index (χ2v) is 5.76. The maximum absolute atomic E-state index is 11.9. The minimum atomic E-state index is -0.0290. The average molecular weight is 320 g/mol. The Morgan fingerprint density at radius 2 is 2.14 bits per heavy atom. The number of hydrogen-bond donors (Lipinski definition) is 1. The average Bonchev–Trinajstić information content (AvgIpc) is 3.01. The van der Waals surface area contributed by atoms with Crippen molar-refractivity contribution < 1.29 is 14.3 Å². The van der Waals surface area contributed by atoms with Crippen molar-refractivity contribution in [3.8, 4) is 22.8 Å². The predicted molar refractivity (Wildman–Crippen MR) is 88.7 cm³/mol. The molecule has 2 rings (SSSR count). The molecular formula is C16H20N2O3S. The molecule has 0 saturated heterocycles. The first kappa shape index (κ1) is 16.3. The third-order valence-electron chi connectivity index (χ3n) is 3.48. The summed E-state index contributed by atoms with van der Waals surface area (Å²) in [6, 6.07) is 5.54. The van der Waals surface area contributed by atoms with Gasteiger partial charge in [-0.15, -0.1) is 11.3 Å². The van der Waals surface area contributed by atoms with E-state index in [1.165, 1.54) is 11.3 Å². The molecule has 1 heterocycles. The third kappa shape index (κ3) is 3.57. The van der Waals surface area contributed by atoms with Crippen LogP contribution in [0.25, 0.3) is 11.3 Å². The third-order valence-corrected chi connectivity index (χ3v) is 4.23. The van der Waals surface area contributed by atoms with Crippen LogP contribution in [-0.2, 0) is 4.79 Å². The summed E-state index contributed by atoms with van der Waals surface area (Å²) in [5.74, 6) is 1.40. The molecule has 22 heavy (non-hydrogen) atoms. The topological polar surface area (TPSA) is 60.5 Å². The van der Waals surface area contributed by atoms with Gasteiger partial charge in [0.2, 0.25) is 5.91 Å². The molecule has 1 aromatic carbocycles. The lowest BCUT2D eigenvalue weighted by Crippen LogP contribution is -2.19. The van der Waals surface area contributed by atoms with Gasteiger partial charge in [0.25, 0.3) is 0 Å². The van der Waals surface area contributed by atoms with Crippen molar-refractivity contribution in [2.75, 3.05) is 19.5 Å². The van der Waals surface area contributed by atoms with Crippen molar-refractivity contribution in [1.82, 2.24) is 4.98 Å². The van der Waals surface area contributed by atoms with Crippen LogP contribution in [-0.4, -0.2) is 25.1 Å². The Balaban J connectivity index is 2.26. The van der Waals surface area contributed by atoms with Gasteiger partial charge in [0.1, 0.15) is 11.5 Å². The van der Waals surface area contributed by atoms with Gasteiger partial charge in [-0.2, -0.15) is 0 Å². The van der Waals surface area contributed by atoms with Crippen molar-refractivity contribution in [2.24, 2.45) is 5.92 Å². The zero-order valence-electron chi connectivity index (χ0n) is 13.2. The van der Waals surface area contributed by atoms with E-state index in [1.807, 2.05) is 37.4 Å². The first-order valence-corrected chi connectivity index (χ1v) is 7.95. The number of hydrogen-bond acceptors (Lipinski definition) is 5. The van der Waals surface area contributed by atoms with Crippen molar-refractivity contribution >= 4 is 22.4 Å². The van der Waals surface area contributed by atoms with Crippen molar-refractivity contribution in [1.29, 1.82) is 0 Å². The van der Waals surface area contributed by atoms with Crippen LogP contribution >= 0.6 is 11.3 Å². The van der Waals surface area contributed by atoms with Gasteiger partial charge in [0.15, 0.2) is 5.13 Å². The maximum Gasteiger partial charge on any atom is 0.228 e. The fourth-order valence-electron chi connectivity index (χ4n) is 1.88. The number of rotatable bonds is 6. The van der Waals surface area contributed by atoms with Crippen LogP contribution < -0.4 is 14.8 Å². The Kier molecular flexibility index (Phi) is 5.38. The molecule has 0 bridgehead atoms. The molecule has 0 aliphatic heterocycles. The molecule has 2 aromatic rings. The van der Waals surface area contributed by atoms with Gasteiger partial charge in [-0.05, 0) is 24.6 Å². The van der Waals surface area contributed by atoms with E-state index in [1.54, 1.807) is 14.2 Å². The molecule has 1 unspecified atom stereocenters. The van der Waals surface area contributed by atoms with Gasteiger partial charge in [-0.25, -0.2) is 4.98 Å². The van der Waals surface area contributed by atoms with E-state index >= 15 is 0 Å². The molecule has 1 amide bonds. The summed E-state index contributed by atoms with van der Waals surface area (Å²) >= 11 is 1.39. The number of aromatic nitrogens is 1. The summed E-state index contributed by atoms with van der Waals surface area (Å²) in [5, 5.41) is 5.33. The van der Waals surface area contributed by atoms with Crippen molar-refractivity contribution in [3.05, 3.63) is 23.6 Å². The maximum atomic E-state index is 11.9. The highest BCUT2D eigenvalue weighted by molar-refractivity contribution is 7.14. The highest BCUT2D eigenvalue weighted by Crippen LogP contribution is 2.35. The SMILES string of the molecule is CCC(C)C(=O)Nc1nc(-c2cc(OC)ccc2OC)cs1. The second kappa shape index (κ2) is 7.26. The molecule has 0 radical (unpaired) electrons. The number of amides is 1. The summed E-state index contributed by atoms with van der Waals surface area (Å²) in [4.78, 5) is 16.4. The highest BCUT2D eigenvalue weighted by atomic mass is 32.1. The minimum Gasteiger partial charge on any atom is -0.497 e. The molecule has 0 spiro atoms. The van der Waals surface area contributed by atoms with E-state index in [0.717, 1.165) is 23.4 Å². The molecule has 5 nitrogen and oxygen atoms in total. The number of benzene rings is 1. The molecule has 1 atom stereocenters. The normalized spacial score (nSPS) is 11.8. The number of thiazole rings is 1. The van der Waals surface area contributed by atoms with Crippen molar-refractivity contribution in [3.63, 3.8) is 0 Å². The lowest BCUT2D eigenvalue weighted by molar-refractivity contribution is -0.119. The minimum absolute atomic E-state index is 0.0130. The second-order valence-electron chi connectivity index (χ2n) is 4.90. The Morgan fingerprint density at radius 1 is 1.36 bits per heavy atom.